The Hall–Kier alpha value is -1.95. The van der Waals surface area contributed by atoms with Gasteiger partial charge in [0.05, 0.1) is 0 Å². The van der Waals surface area contributed by atoms with Crippen molar-refractivity contribution in [3.8, 4) is 11.1 Å². The Balaban J connectivity index is 2.34. The normalized spacial score (nSPS) is 11.6. The highest BCUT2D eigenvalue weighted by Crippen LogP contribution is 2.28. The minimum absolute atomic E-state index is 0.328. The molecule has 0 saturated carbocycles. The molecular weight excluding hydrogens is 243 g/mol. The van der Waals surface area contributed by atoms with Crippen LogP contribution in [0.5, 0.6) is 0 Å². The molecule has 0 amide bonds. The SMILES string of the molecule is NCc1cncc(-c2ccc(C(F)(F)F)nc2)c1. The smallest absolute Gasteiger partial charge is 0.326 e. The molecule has 0 saturated heterocycles. The van der Waals surface area contributed by atoms with Crippen LogP contribution in [0.4, 0.5) is 13.2 Å². The van der Waals surface area contributed by atoms with Crippen LogP contribution in [0.15, 0.2) is 36.8 Å². The third-order valence-electron chi connectivity index (χ3n) is 2.42. The van der Waals surface area contributed by atoms with E-state index in [1.54, 1.807) is 18.5 Å². The molecule has 0 unspecified atom stereocenters. The topological polar surface area (TPSA) is 51.8 Å². The number of alkyl halides is 3. The Bertz CT molecular complexity index is 535. The zero-order valence-corrected chi connectivity index (χ0v) is 9.28. The largest absolute Gasteiger partial charge is 0.433 e. The summed E-state index contributed by atoms with van der Waals surface area (Å²) >= 11 is 0. The fourth-order valence-electron chi connectivity index (χ4n) is 1.49. The van der Waals surface area contributed by atoms with Crippen LogP contribution in [0, 0.1) is 0 Å². The number of aromatic nitrogens is 2. The minimum atomic E-state index is -4.42. The summed E-state index contributed by atoms with van der Waals surface area (Å²) in [5.74, 6) is 0. The molecule has 0 aromatic carbocycles. The van der Waals surface area contributed by atoms with Gasteiger partial charge < -0.3 is 5.73 Å². The summed E-state index contributed by atoms with van der Waals surface area (Å²) in [6, 6.07) is 4.09. The first-order valence-corrected chi connectivity index (χ1v) is 5.18. The lowest BCUT2D eigenvalue weighted by Crippen LogP contribution is -2.07. The third kappa shape index (κ3) is 2.65. The Labute approximate surface area is 101 Å². The second kappa shape index (κ2) is 4.73. The van der Waals surface area contributed by atoms with Gasteiger partial charge in [0.2, 0.25) is 0 Å². The molecule has 18 heavy (non-hydrogen) atoms. The van der Waals surface area contributed by atoms with Gasteiger partial charge in [-0.3, -0.25) is 9.97 Å². The molecule has 0 fully saturated rings. The van der Waals surface area contributed by atoms with Crippen molar-refractivity contribution in [2.24, 2.45) is 5.73 Å². The average Bonchev–Trinajstić information content (AvgIpc) is 2.38. The molecule has 94 valence electrons. The fourth-order valence-corrected chi connectivity index (χ4v) is 1.49. The number of nitrogens with zero attached hydrogens (tertiary/aromatic N) is 2. The van der Waals surface area contributed by atoms with Crippen LogP contribution in [0.3, 0.4) is 0 Å². The van der Waals surface area contributed by atoms with Crippen LogP contribution in [0.25, 0.3) is 11.1 Å². The van der Waals surface area contributed by atoms with Crippen molar-refractivity contribution in [1.82, 2.24) is 9.97 Å². The molecule has 2 heterocycles. The summed E-state index contributed by atoms with van der Waals surface area (Å²) in [5, 5.41) is 0. The minimum Gasteiger partial charge on any atom is -0.326 e. The predicted octanol–water partition coefficient (Wildman–Crippen LogP) is 2.62. The molecule has 3 nitrogen and oxygen atoms in total. The lowest BCUT2D eigenvalue weighted by molar-refractivity contribution is -0.141. The average molecular weight is 253 g/mol. The first-order valence-electron chi connectivity index (χ1n) is 5.18. The fraction of sp³-hybridized carbons (Fsp3) is 0.167. The van der Waals surface area contributed by atoms with E-state index in [-0.39, 0.29) is 0 Å². The summed E-state index contributed by atoms with van der Waals surface area (Å²) in [7, 11) is 0. The van der Waals surface area contributed by atoms with E-state index < -0.39 is 11.9 Å². The molecule has 0 atom stereocenters. The van der Waals surface area contributed by atoms with Gasteiger partial charge in [-0.25, -0.2) is 0 Å². The number of halogens is 3. The lowest BCUT2D eigenvalue weighted by atomic mass is 10.1. The van der Waals surface area contributed by atoms with Crippen molar-refractivity contribution >= 4 is 0 Å². The summed E-state index contributed by atoms with van der Waals surface area (Å²) in [6.07, 6.45) is -0.0690. The Morgan fingerprint density at radius 3 is 2.39 bits per heavy atom. The van der Waals surface area contributed by atoms with E-state index in [4.69, 9.17) is 5.73 Å². The monoisotopic (exact) mass is 253 g/mol. The van der Waals surface area contributed by atoms with Gasteiger partial charge in [-0.2, -0.15) is 13.2 Å². The standard InChI is InChI=1S/C12H10F3N3/c13-12(14,15)11-2-1-9(7-18-11)10-3-8(4-16)5-17-6-10/h1-3,5-7H,4,16H2. The summed E-state index contributed by atoms with van der Waals surface area (Å²) < 4.78 is 37.0. The molecule has 6 heteroatoms. The molecule has 0 aliphatic rings. The van der Waals surface area contributed by atoms with Gasteiger partial charge in [0.1, 0.15) is 5.69 Å². The zero-order chi connectivity index (χ0) is 13.2. The molecule has 0 bridgehead atoms. The molecule has 2 N–H and O–H groups in total. The van der Waals surface area contributed by atoms with E-state index >= 15 is 0 Å². The molecular formula is C12H10F3N3. The number of rotatable bonds is 2. The van der Waals surface area contributed by atoms with Crippen LogP contribution in [-0.2, 0) is 12.7 Å². The maximum absolute atomic E-state index is 12.3. The highest BCUT2D eigenvalue weighted by molar-refractivity contribution is 5.62. The van der Waals surface area contributed by atoms with Gasteiger partial charge in [0.25, 0.3) is 0 Å². The van der Waals surface area contributed by atoms with Gasteiger partial charge in [-0.15, -0.1) is 0 Å². The van der Waals surface area contributed by atoms with E-state index in [2.05, 4.69) is 9.97 Å². The highest BCUT2D eigenvalue weighted by atomic mass is 19.4. The maximum atomic E-state index is 12.3. The molecule has 0 radical (unpaired) electrons. The summed E-state index contributed by atoms with van der Waals surface area (Å²) in [4.78, 5) is 7.37. The molecule has 2 aromatic heterocycles. The van der Waals surface area contributed by atoms with Crippen molar-refractivity contribution in [1.29, 1.82) is 0 Å². The van der Waals surface area contributed by atoms with E-state index in [1.165, 1.54) is 12.3 Å². The van der Waals surface area contributed by atoms with E-state index in [9.17, 15) is 13.2 Å². The highest BCUT2D eigenvalue weighted by Gasteiger charge is 2.32. The summed E-state index contributed by atoms with van der Waals surface area (Å²) in [5.41, 5.74) is 6.65. The Kier molecular flexibility index (Phi) is 3.29. The summed E-state index contributed by atoms with van der Waals surface area (Å²) in [6.45, 7) is 0.328. The molecule has 2 rings (SSSR count). The maximum Gasteiger partial charge on any atom is 0.433 e. The Morgan fingerprint density at radius 2 is 1.83 bits per heavy atom. The zero-order valence-electron chi connectivity index (χ0n) is 9.28. The van der Waals surface area contributed by atoms with Crippen molar-refractivity contribution < 1.29 is 13.2 Å². The van der Waals surface area contributed by atoms with Crippen LogP contribution in [0.2, 0.25) is 0 Å². The number of pyridine rings is 2. The van der Waals surface area contributed by atoms with E-state index in [1.807, 2.05) is 0 Å². The second-order valence-electron chi connectivity index (χ2n) is 3.72. The van der Waals surface area contributed by atoms with Crippen LogP contribution in [0.1, 0.15) is 11.3 Å². The van der Waals surface area contributed by atoms with Crippen LogP contribution >= 0.6 is 0 Å². The van der Waals surface area contributed by atoms with Crippen LogP contribution in [-0.4, -0.2) is 9.97 Å². The van der Waals surface area contributed by atoms with Gasteiger partial charge in [0.15, 0.2) is 0 Å². The second-order valence-corrected chi connectivity index (χ2v) is 3.72. The number of hydrogen-bond acceptors (Lipinski definition) is 3. The van der Waals surface area contributed by atoms with Crippen molar-refractivity contribution in [3.05, 3.63) is 48.0 Å². The van der Waals surface area contributed by atoms with E-state index in [0.29, 0.717) is 17.7 Å². The van der Waals surface area contributed by atoms with Gasteiger partial charge >= 0.3 is 6.18 Å². The molecule has 2 aromatic rings. The molecule has 0 aliphatic heterocycles. The van der Waals surface area contributed by atoms with Crippen molar-refractivity contribution in [2.45, 2.75) is 12.7 Å². The van der Waals surface area contributed by atoms with Gasteiger partial charge in [-0.1, -0.05) is 6.07 Å². The van der Waals surface area contributed by atoms with Crippen LogP contribution < -0.4 is 5.73 Å². The number of hydrogen-bond donors (Lipinski definition) is 1. The molecule has 0 spiro atoms. The quantitative estimate of drug-likeness (QED) is 0.895. The third-order valence-corrected chi connectivity index (χ3v) is 2.42. The first kappa shape index (κ1) is 12.5. The van der Waals surface area contributed by atoms with Crippen molar-refractivity contribution in [2.75, 3.05) is 0 Å². The first-order chi connectivity index (χ1) is 8.50. The lowest BCUT2D eigenvalue weighted by Gasteiger charge is -2.07. The van der Waals surface area contributed by atoms with Crippen molar-refractivity contribution in [3.63, 3.8) is 0 Å². The van der Waals surface area contributed by atoms with Gasteiger partial charge in [-0.05, 0) is 17.7 Å². The number of nitrogens with two attached hydrogens (primary N) is 1. The Morgan fingerprint density at radius 1 is 1.06 bits per heavy atom. The molecule has 0 aliphatic carbocycles. The van der Waals surface area contributed by atoms with E-state index in [0.717, 1.165) is 11.6 Å². The predicted molar refractivity (Wildman–Crippen MR) is 60.4 cm³/mol. The van der Waals surface area contributed by atoms with Gasteiger partial charge in [0, 0.05) is 36.3 Å².